The molecule has 23 heavy (non-hydrogen) atoms. The van der Waals surface area contributed by atoms with Crippen LogP contribution in [0.3, 0.4) is 0 Å². The second-order valence-corrected chi connectivity index (χ2v) is 6.53. The molecule has 124 valence electrons. The third-order valence-corrected chi connectivity index (χ3v) is 5.20. The Hall–Kier alpha value is -1.61. The zero-order valence-corrected chi connectivity index (χ0v) is 15.6. The van der Waals surface area contributed by atoms with Crippen molar-refractivity contribution >= 4 is 23.1 Å². The van der Waals surface area contributed by atoms with Crippen LogP contribution in [0.15, 0.2) is 58.3 Å². The third-order valence-electron chi connectivity index (χ3n) is 4.14. The predicted molar refractivity (Wildman–Crippen MR) is 104 cm³/mol. The van der Waals surface area contributed by atoms with E-state index < -0.39 is 0 Å². The molecule has 0 spiro atoms. The minimum Gasteiger partial charge on any atom is -0.372 e. The van der Waals surface area contributed by atoms with Crippen LogP contribution in [0.1, 0.15) is 27.7 Å². The van der Waals surface area contributed by atoms with E-state index in [-0.39, 0.29) is 0 Å². The Morgan fingerprint density at radius 1 is 0.739 bits per heavy atom. The van der Waals surface area contributed by atoms with Crippen LogP contribution in [0.25, 0.3) is 0 Å². The highest BCUT2D eigenvalue weighted by atomic mass is 32.2. The van der Waals surface area contributed by atoms with Crippen LogP contribution >= 0.6 is 11.8 Å². The lowest BCUT2D eigenvalue weighted by atomic mass is 10.3. The maximum atomic E-state index is 2.41. The van der Waals surface area contributed by atoms with E-state index in [1.807, 2.05) is 11.8 Å². The van der Waals surface area contributed by atoms with E-state index in [2.05, 4.69) is 86.0 Å². The fraction of sp³-hybridized carbons (Fsp3) is 0.400. The molecule has 0 atom stereocenters. The van der Waals surface area contributed by atoms with Gasteiger partial charge in [0.1, 0.15) is 0 Å². The second-order valence-electron chi connectivity index (χ2n) is 5.41. The normalized spacial score (nSPS) is 10.6. The van der Waals surface area contributed by atoms with Crippen molar-refractivity contribution in [2.45, 2.75) is 37.5 Å². The number of para-hydroxylation sites is 1. The SMILES string of the molecule is CCN(CC)c1cccc(Sc2ccccc2N(CC)CC)c1. The molecule has 0 bridgehead atoms. The molecule has 0 aliphatic heterocycles. The molecule has 0 amide bonds. The molecular formula is C20H28N2S. The number of anilines is 2. The minimum absolute atomic E-state index is 1.04. The highest BCUT2D eigenvalue weighted by Crippen LogP contribution is 2.36. The summed E-state index contributed by atoms with van der Waals surface area (Å²) in [6.45, 7) is 13.0. The molecule has 2 aromatic rings. The molecule has 0 N–H and O–H groups in total. The average Bonchev–Trinajstić information content (AvgIpc) is 2.59. The summed E-state index contributed by atoms with van der Waals surface area (Å²) < 4.78 is 0. The van der Waals surface area contributed by atoms with E-state index >= 15 is 0 Å². The van der Waals surface area contributed by atoms with Gasteiger partial charge in [-0.1, -0.05) is 30.0 Å². The largest absolute Gasteiger partial charge is 0.372 e. The molecule has 0 radical (unpaired) electrons. The molecule has 2 nitrogen and oxygen atoms in total. The van der Waals surface area contributed by atoms with Crippen molar-refractivity contribution in [2.24, 2.45) is 0 Å². The quantitative estimate of drug-likeness (QED) is 0.629. The van der Waals surface area contributed by atoms with E-state index in [0.717, 1.165) is 26.2 Å². The lowest BCUT2D eigenvalue weighted by molar-refractivity contribution is 0.855. The lowest BCUT2D eigenvalue weighted by Gasteiger charge is -2.24. The summed E-state index contributed by atoms with van der Waals surface area (Å²) in [7, 11) is 0. The third kappa shape index (κ3) is 4.44. The number of hydrogen-bond acceptors (Lipinski definition) is 3. The van der Waals surface area contributed by atoms with E-state index in [9.17, 15) is 0 Å². The number of hydrogen-bond donors (Lipinski definition) is 0. The molecule has 0 heterocycles. The molecular weight excluding hydrogens is 300 g/mol. The fourth-order valence-electron chi connectivity index (χ4n) is 2.83. The number of rotatable bonds is 8. The molecule has 0 aliphatic rings. The zero-order chi connectivity index (χ0) is 16.7. The van der Waals surface area contributed by atoms with Crippen LogP contribution in [-0.2, 0) is 0 Å². The molecule has 0 saturated carbocycles. The molecule has 0 aliphatic carbocycles. The van der Waals surface area contributed by atoms with Crippen molar-refractivity contribution in [1.82, 2.24) is 0 Å². The molecule has 0 aromatic heterocycles. The van der Waals surface area contributed by atoms with Gasteiger partial charge in [0, 0.05) is 41.7 Å². The van der Waals surface area contributed by atoms with Crippen LogP contribution in [0, 0.1) is 0 Å². The van der Waals surface area contributed by atoms with Crippen LogP contribution in [0.5, 0.6) is 0 Å². The monoisotopic (exact) mass is 328 g/mol. The van der Waals surface area contributed by atoms with E-state index in [1.165, 1.54) is 21.2 Å². The first-order valence-electron chi connectivity index (χ1n) is 8.60. The van der Waals surface area contributed by atoms with Gasteiger partial charge < -0.3 is 9.80 Å². The molecule has 3 heteroatoms. The molecule has 0 unspecified atom stereocenters. The molecule has 2 aromatic carbocycles. The van der Waals surface area contributed by atoms with Gasteiger partial charge in [0.15, 0.2) is 0 Å². The first-order chi connectivity index (χ1) is 11.2. The smallest absolute Gasteiger partial charge is 0.0507 e. The Labute approximate surface area is 145 Å². The van der Waals surface area contributed by atoms with Crippen molar-refractivity contribution < 1.29 is 0 Å². The van der Waals surface area contributed by atoms with Crippen LogP contribution in [0.4, 0.5) is 11.4 Å². The fourth-order valence-corrected chi connectivity index (χ4v) is 3.86. The second kappa shape index (κ2) is 8.88. The first-order valence-corrected chi connectivity index (χ1v) is 9.41. The van der Waals surface area contributed by atoms with Crippen molar-refractivity contribution in [2.75, 3.05) is 36.0 Å². The number of nitrogens with zero attached hydrogens (tertiary/aromatic N) is 2. The van der Waals surface area contributed by atoms with Crippen molar-refractivity contribution in [3.8, 4) is 0 Å². The van der Waals surface area contributed by atoms with Gasteiger partial charge in [0.05, 0.1) is 5.69 Å². The van der Waals surface area contributed by atoms with Gasteiger partial charge in [-0.3, -0.25) is 0 Å². The van der Waals surface area contributed by atoms with Gasteiger partial charge in [-0.2, -0.15) is 0 Å². The van der Waals surface area contributed by atoms with Crippen molar-refractivity contribution in [1.29, 1.82) is 0 Å². The summed E-state index contributed by atoms with van der Waals surface area (Å²) in [6.07, 6.45) is 0. The maximum Gasteiger partial charge on any atom is 0.0507 e. The van der Waals surface area contributed by atoms with E-state index in [0.29, 0.717) is 0 Å². The van der Waals surface area contributed by atoms with Crippen molar-refractivity contribution in [3.63, 3.8) is 0 Å². The average molecular weight is 329 g/mol. The highest BCUT2D eigenvalue weighted by Gasteiger charge is 2.10. The van der Waals surface area contributed by atoms with Gasteiger partial charge in [-0.05, 0) is 58.0 Å². The molecule has 0 fully saturated rings. The summed E-state index contributed by atoms with van der Waals surface area (Å²) in [5, 5.41) is 0. The predicted octanol–water partition coefficient (Wildman–Crippen LogP) is 5.53. The van der Waals surface area contributed by atoms with Crippen LogP contribution < -0.4 is 9.80 Å². The van der Waals surface area contributed by atoms with Crippen molar-refractivity contribution in [3.05, 3.63) is 48.5 Å². The Morgan fingerprint density at radius 2 is 1.39 bits per heavy atom. The molecule has 2 rings (SSSR count). The topological polar surface area (TPSA) is 6.48 Å². The minimum atomic E-state index is 1.04. The van der Waals surface area contributed by atoms with Crippen LogP contribution in [0.2, 0.25) is 0 Å². The summed E-state index contributed by atoms with van der Waals surface area (Å²) in [6, 6.07) is 17.6. The lowest BCUT2D eigenvalue weighted by Crippen LogP contribution is -2.22. The highest BCUT2D eigenvalue weighted by molar-refractivity contribution is 7.99. The van der Waals surface area contributed by atoms with Gasteiger partial charge in [0.25, 0.3) is 0 Å². The van der Waals surface area contributed by atoms with E-state index in [4.69, 9.17) is 0 Å². The Morgan fingerprint density at radius 3 is 2.04 bits per heavy atom. The molecule has 0 saturated heterocycles. The Balaban J connectivity index is 2.28. The Bertz CT molecular complexity index is 604. The standard InChI is InChI=1S/C20H28N2S/c1-5-21(6-2)17-12-11-13-18(16-17)23-20-15-10-9-14-19(20)22(7-3)8-4/h9-16H,5-8H2,1-4H3. The summed E-state index contributed by atoms with van der Waals surface area (Å²) >= 11 is 1.86. The first kappa shape index (κ1) is 17.7. The summed E-state index contributed by atoms with van der Waals surface area (Å²) in [5.41, 5.74) is 2.64. The summed E-state index contributed by atoms with van der Waals surface area (Å²) in [5.74, 6) is 0. The van der Waals surface area contributed by atoms with Gasteiger partial charge in [-0.15, -0.1) is 0 Å². The van der Waals surface area contributed by atoms with Gasteiger partial charge in [-0.25, -0.2) is 0 Å². The van der Waals surface area contributed by atoms with E-state index in [1.54, 1.807) is 0 Å². The van der Waals surface area contributed by atoms with Crippen LogP contribution in [-0.4, -0.2) is 26.2 Å². The number of benzene rings is 2. The zero-order valence-electron chi connectivity index (χ0n) is 14.7. The van der Waals surface area contributed by atoms with Gasteiger partial charge >= 0.3 is 0 Å². The Kier molecular flexibility index (Phi) is 6.85. The summed E-state index contributed by atoms with van der Waals surface area (Å²) in [4.78, 5) is 7.43. The maximum absolute atomic E-state index is 2.41. The van der Waals surface area contributed by atoms with Gasteiger partial charge in [0.2, 0.25) is 0 Å².